The van der Waals surface area contributed by atoms with Gasteiger partial charge in [-0.15, -0.1) is 0 Å². The number of aromatic nitrogens is 1. The summed E-state index contributed by atoms with van der Waals surface area (Å²) >= 11 is 0. The zero-order chi connectivity index (χ0) is 20.9. The van der Waals surface area contributed by atoms with Gasteiger partial charge < -0.3 is 14.0 Å². The number of hydrogen-bond acceptors (Lipinski definition) is 3. The Morgan fingerprint density at radius 1 is 0.933 bits per heavy atom. The molecule has 0 aliphatic rings. The predicted molar refractivity (Wildman–Crippen MR) is 120 cm³/mol. The van der Waals surface area contributed by atoms with Gasteiger partial charge in [0.25, 0.3) is 0 Å². The highest BCUT2D eigenvalue weighted by Crippen LogP contribution is 2.28. The van der Waals surface area contributed by atoms with E-state index in [-0.39, 0.29) is 5.97 Å². The van der Waals surface area contributed by atoms with Gasteiger partial charge in [0, 0.05) is 36.1 Å². The fourth-order valence-electron chi connectivity index (χ4n) is 3.38. The average Bonchev–Trinajstić information content (AvgIpc) is 3.08. The van der Waals surface area contributed by atoms with Crippen LogP contribution in [0.5, 0.6) is 11.5 Å². The fourth-order valence-corrected chi connectivity index (χ4v) is 3.38. The molecule has 30 heavy (non-hydrogen) atoms. The number of benzene rings is 3. The van der Waals surface area contributed by atoms with Crippen molar-refractivity contribution in [3.8, 4) is 11.5 Å². The van der Waals surface area contributed by atoms with Crippen molar-refractivity contribution < 1.29 is 14.3 Å². The average molecular weight is 397 g/mol. The van der Waals surface area contributed by atoms with Crippen molar-refractivity contribution in [1.29, 1.82) is 0 Å². The molecule has 4 nitrogen and oxygen atoms in total. The first-order chi connectivity index (χ1) is 14.6. The highest BCUT2D eigenvalue weighted by atomic mass is 16.5. The van der Waals surface area contributed by atoms with Crippen LogP contribution in [0.25, 0.3) is 23.1 Å². The standard InChI is InChI=1S/C26H23NO3/c1-19(28)30-26-15-14-24(29-18-20-8-4-3-5-9-20)17-22(26)12-13-23-16-21-10-6-7-11-25(21)27(23)2/h3-17H,18H2,1-2H3/b13-12+. The molecule has 150 valence electrons. The summed E-state index contributed by atoms with van der Waals surface area (Å²) < 4.78 is 13.5. The molecule has 4 heteroatoms. The summed E-state index contributed by atoms with van der Waals surface area (Å²) in [5.41, 5.74) is 4.09. The van der Waals surface area contributed by atoms with Gasteiger partial charge in [0.2, 0.25) is 0 Å². The maximum atomic E-state index is 11.5. The Labute approximate surface area is 176 Å². The van der Waals surface area contributed by atoms with Gasteiger partial charge >= 0.3 is 5.97 Å². The molecule has 0 amide bonds. The number of fused-ring (bicyclic) bond motifs is 1. The summed E-state index contributed by atoms with van der Waals surface area (Å²) in [6.45, 7) is 1.87. The van der Waals surface area contributed by atoms with Crippen LogP contribution in [0, 0.1) is 0 Å². The minimum atomic E-state index is -0.354. The second-order valence-electron chi connectivity index (χ2n) is 7.09. The van der Waals surface area contributed by atoms with E-state index in [1.54, 1.807) is 6.07 Å². The van der Waals surface area contributed by atoms with Gasteiger partial charge in [-0.2, -0.15) is 0 Å². The number of nitrogens with zero attached hydrogens (tertiary/aromatic N) is 1. The maximum Gasteiger partial charge on any atom is 0.308 e. The van der Waals surface area contributed by atoms with Gasteiger partial charge in [-0.1, -0.05) is 48.5 Å². The number of carbonyl (C=O) groups is 1. The quantitative estimate of drug-likeness (QED) is 0.302. The summed E-state index contributed by atoms with van der Waals surface area (Å²) in [7, 11) is 2.04. The highest BCUT2D eigenvalue weighted by Gasteiger charge is 2.08. The second-order valence-corrected chi connectivity index (χ2v) is 7.09. The van der Waals surface area contributed by atoms with E-state index < -0.39 is 0 Å². The zero-order valence-electron chi connectivity index (χ0n) is 17.0. The maximum absolute atomic E-state index is 11.5. The third-order valence-corrected chi connectivity index (χ3v) is 4.91. The molecule has 0 bridgehead atoms. The van der Waals surface area contributed by atoms with Crippen molar-refractivity contribution in [1.82, 2.24) is 4.57 Å². The van der Waals surface area contributed by atoms with Crippen molar-refractivity contribution in [2.45, 2.75) is 13.5 Å². The predicted octanol–water partition coefficient (Wildman–Crippen LogP) is 5.85. The van der Waals surface area contributed by atoms with E-state index >= 15 is 0 Å². The molecule has 0 aliphatic carbocycles. The molecule has 0 saturated carbocycles. The number of esters is 1. The van der Waals surface area contributed by atoms with Gasteiger partial charge in [0.1, 0.15) is 18.1 Å². The molecule has 0 fully saturated rings. The van der Waals surface area contributed by atoms with E-state index in [2.05, 4.69) is 22.8 Å². The first-order valence-electron chi connectivity index (χ1n) is 9.82. The van der Waals surface area contributed by atoms with Crippen LogP contribution in [0.4, 0.5) is 0 Å². The lowest BCUT2D eigenvalue weighted by atomic mass is 10.1. The molecule has 4 rings (SSSR count). The SMILES string of the molecule is CC(=O)Oc1ccc(OCc2ccccc2)cc1/C=C/c1cc2ccccc2n1C. The molecule has 0 saturated heterocycles. The summed E-state index contributed by atoms with van der Waals surface area (Å²) in [5.74, 6) is 0.864. The van der Waals surface area contributed by atoms with Crippen LogP contribution in [0.1, 0.15) is 23.7 Å². The van der Waals surface area contributed by atoms with Crippen molar-refractivity contribution in [2.24, 2.45) is 7.05 Å². The number of rotatable bonds is 6. The summed E-state index contributed by atoms with van der Waals surface area (Å²) in [4.78, 5) is 11.5. The molecule has 0 spiro atoms. The van der Waals surface area contributed by atoms with Crippen LogP contribution < -0.4 is 9.47 Å². The Bertz CT molecular complexity index is 1210. The number of carbonyl (C=O) groups excluding carboxylic acids is 1. The van der Waals surface area contributed by atoms with Crippen LogP contribution in [-0.4, -0.2) is 10.5 Å². The lowest BCUT2D eigenvalue weighted by Gasteiger charge is -2.10. The highest BCUT2D eigenvalue weighted by molar-refractivity contribution is 5.86. The third kappa shape index (κ3) is 4.44. The van der Waals surface area contributed by atoms with Gasteiger partial charge in [-0.3, -0.25) is 4.79 Å². The summed E-state index contributed by atoms with van der Waals surface area (Å²) in [5, 5.41) is 1.18. The van der Waals surface area contributed by atoms with Crippen LogP contribution in [0.2, 0.25) is 0 Å². The van der Waals surface area contributed by atoms with E-state index in [1.807, 2.05) is 73.8 Å². The fraction of sp³-hybridized carbons (Fsp3) is 0.115. The Balaban J connectivity index is 1.62. The number of ether oxygens (including phenoxy) is 2. The molecule has 0 unspecified atom stereocenters. The molecular formula is C26H23NO3. The van der Waals surface area contributed by atoms with Crippen LogP contribution in [0.15, 0.2) is 78.9 Å². The third-order valence-electron chi connectivity index (χ3n) is 4.91. The Hall–Kier alpha value is -3.79. The number of hydrogen-bond donors (Lipinski definition) is 0. The number of aryl methyl sites for hydroxylation is 1. The Morgan fingerprint density at radius 2 is 1.70 bits per heavy atom. The normalized spacial score (nSPS) is 11.1. The van der Waals surface area contributed by atoms with Crippen molar-refractivity contribution in [2.75, 3.05) is 0 Å². The molecule has 3 aromatic carbocycles. The van der Waals surface area contributed by atoms with Crippen LogP contribution in [-0.2, 0) is 18.4 Å². The van der Waals surface area contributed by atoms with E-state index in [1.165, 1.54) is 12.3 Å². The van der Waals surface area contributed by atoms with Crippen LogP contribution >= 0.6 is 0 Å². The minimum Gasteiger partial charge on any atom is -0.489 e. The molecule has 0 N–H and O–H groups in total. The second kappa shape index (κ2) is 8.70. The molecule has 1 aromatic heterocycles. The van der Waals surface area contributed by atoms with E-state index in [9.17, 15) is 4.79 Å². The van der Waals surface area contributed by atoms with Crippen molar-refractivity contribution >= 4 is 29.0 Å². The largest absolute Gasteiger partial charge is 0.489 e. The van der Waals surface area contributed by atoms with E-state index in [0.717, 1.165) is 22.3 Å². The van der Waals surface area contributed by atoms with Gasteiger partial charge in [0.05, 0.1) is 0 Å². The Kier molecular flexibility index (Phi) is 5.66. The Morgan fingerprint density at radius 3 is 2.47 bits per heavy atom. The van der Waals surface area contributed by atoms with Gasteiger partial charge in [0.15, 0.2) is 0 Å². The molecule has 4 aromatic rings. The molecule has 0 radical (unpaired) electrons. The zero-order valence-corrected chi connectivity index (χ0v) is 17.0. The first kappa shape index (κ1) is 19.5. The number of para-hydroxylation sites is 1. The summed E-state index contributed by atoms with van der Waals surface area (Å²) in [6, 6.07) is 25.8. The van der Waals surface area contributed by atoms with Gasteiger partial charge in [-0.05, 0) is 48.0 Å². The molecule has 0 atom stereocenters. The van der Waals surface area contributed by atoms with Crippen LogP contribution in [0.3, 0.4) is 0 Å². The topological polar surface area (TPSA) is 40.5 Å². The van der Waals surface area contributed by atoms with Gasteiger partial charge in [-0.25, -0.2) is 0 Å². The minimum absolute atomic E-state index is 0.354. The molecule has 0 aliphatic heterocycles. The molecular weight excluding hydrogens is 374 g/mol. The first-order valence-corrected chi connectivity index (χ1v) is 9.82. The molecule has 1 heterocycles. The van der Waals surface area contributed by atoms with Crippen molar-refractivity contribution in [3.63, 3.8) is 0 Å². The smallest absolute Gasteiger partial charge is 0.308 e. The lowest BCUT2D eigenvalue weighted by molar-refractivity contribution is -0.131. The van der Waals surface area contributed by atoms with E-state index in [4.69, 9.17) is 9.47 Å². The lowest BCUT2D eigenvalue weighted by Crippen LogP contribution is -2.03. The summed E-state index contributed by atoms with van der Waals surface area (Å²) in [6.07, 6.45) is 3.96. The van der Waals surface area contributed by atoms with Crippen molar-refractivity contribution in [3.05, 3.63) is 95.7 Å². The monoisotopic (exact) mass is 397 g/mol. The van der Waals surface area contributed by atoms with E-state index in [0.29, 0.717) is 18.1 Å².